The number of carbonyl (C=O) groups excluding carboxylic acids is 1. The average Bonchev–Trinajstić information content (AvgIpc) is 3.36. The molecule has 1 amide bonds. The molecular weight excluding hydrogens is 418 g/mol. The van der Waals surface area contributed by atoms with Gasteiger partial charge in [-0.3, -0.25) is 4.79 Å². The first-order valence-electron chi connectivity index (χ1n) is 10.1. The van der Waals surface area contributed by atoms with Crippen LogP contribution in [0.15, 0.2) is 57.8 Å². The first-order chi connectivity index (χ1) is 14.9. The van der Waals surface area contributed by atoms with Gasteiger partial charge in [-0.05, 0) is 49.2 Å². The number of nitrogens with zero attached hydrogens (tertiary/aromatic N) is 3. The van der Waals surface area contributed by atoms with Crippen molar-refractivity contribution < 1.29 is 22.7 Å². The van der Waals surface area contributed by atoms with Crippen LogP contribution in [0.4, 0.5) is 0 Å². The van der Waals surface area contributed by atoms with E-state index in [1.54, 1.807) is 43.3 Å². The number of fused-ring (bicyclic) bond motifs is 1. The molecule has 2 aliphatic heterocycles. The van der Waals surface area contributed by atoms with Crippen molar-refractivity contribution in [2.75, 3.05) is 33.9 Å². The molecule has 0 bridgehead atoms. The van der Waals surface area contributed by atoms with Gasteiger partial charge in [-0.1, -0.05) is 12.1 Å². The van der Waals surface area contributed by atoms with Gasteiger partial charge in [-0.25, -0.2) is 0 Å². The zero-order valence-electron chi connectivity index (χ0n) is 17.5. The van der Waals surface area contributed by atoms with Crippen LogP contribution < -0.4 is 9.47 Å². The van der Waals surface area contributed by atoms with Gasteiger partial charge in [0.25, 0.3) is 10.0 Å². The maximum atomic E-state index is 13.1. The fourth-order valence-corrected chi connectivity index (χ4v) is 5.13. The summed E-state index contributed by atoms with van der Waals surface area (Å²) in [5, 5.41) is 0. The molecule has 9 heteroatoms. The lowest BCUT2D eigenvalue weighted by Crippen LogP contribution is -2.47. The fourth-order valence-electron chi connectivity index (χ4n) is 3.91. The monoisotopic (exact) mass is 443 g/mol. The number of methoxy groups -OCH3 is 1. The van der Waals surface area contributed by atoms with Crippen LogP contribution in [0.3, 0.4) is 0 Å². The lowest BCUT2D eigenvalue weighted by molar-refractivity contribution is -0.133. The Labute approximate surface area is 182 Å². The minimum Gasteiger partial charge on any atom is -0.497 e. The topological polar surface area (TPSA) is 88.5 Å². The number of amides is 1. The number of benzene rings is 2. The lowest BCUT2D eigenvalue weighted by atomic mass is 10.1. The number of sulfonamides is 1. The molecule has 2 aromatic carbocycles. The summed E-state index contributed by atoms with van der Waals surface area (Å²) >= 11 is 0. The van der Waals surface area contributed by atoms with E-state index in [9.17, 15) is 13.2 Å². The van der Waals surface area contributed by atoms with E-state index in [4.69, 9.17) is 9.47 Å². The van der Waals surface area contributed by atoms with Crippen LogP contribution in [0.5, 0.6) is 11.5 Å². The summed E-state index contributed by atoms with van der Waals surface area (Å²) in [4.78, 5) is 16.8. The van der Waals surface area contributed by atoms with E-state index in [0.717, 1.165) is 12.2 Å². The van der Waals surface area contributed by atoms with Gasteiger partial charge < -0.3 is 19.3 Å². The van der Waals surface area contributed by atoms with E-state index in [1.165, 1.54) is 0 Å². The van der Waals surface area contributed by atoms with E-state index in [0.29, 0.717) is 43.3 Å². The van der Waals surface area contributed by atoms with Crippen LogP contribution in [0, 0.1) is 0 Å². The SMILES string of the molecule is COc1ccc(OCCN(C)C(=O)[C@@H]2CCCN2C2=NS(=O)(=O)c3ccccc32)cc1. The van der Waals surface area contributed by atoms with Gasteiger partial charge in [0, 0.05) is 19.2 Å². The number of hydrogen-bond donors (Lipinski definition) is 0. The molecule has 0 aromatic heterocycles. The number of likely N-dealkylation sites (tertiary alicyclic amines) is 1. The molecule has 0 saturated carbocycles. The summed E-state index contributed by atoms with van der Waals surface area (Å²) in [5.41, 5.74) is 0.563. The van der Waals surface area contributed by atoms with Crippen LogP contribution >= 0.6 is 0 Å². The molecule has 1 atom stereocenters. The van der Waals surface area contributed by atoms with Gasteiger partial charge in [0.15, 0.2) is 5.84 Å². The second-order valence-electron chi connectivity index (χ2n) is 7.52. The number of ether oxygens (including phenoxy) is 2. The highest BCUT2D eigenvalue weighted by molar-refractivity contribution is 7.90. The second kappa shape index (κ2) is 8.58. The molecule has 0 unspecified atom stereocenters. The molecule has 2 heterocycles. The first kappa shape index (κ1) is 21.2. The third-order valence-corrected chi connectivity index (χ3v) is 6.88. The molecule has 1 fully saturated rings. The maximum Gasteiger partial charge on any atom is 0.285 e. The predicted octanol–water partition coefficient (Wildman–Crippen LogP) is 2.15. The Morgan fingerprint density at radius 1 is 1.16 bits per heavy atom. The van der Waals surface area contributed by atoms with Gasteiger partial charge in [0.05, 0.1) is 13.7 Å². The Morgan fingerprint density at radius 3 is 2.61 bits per heavy atom. The second-order valence-corrected chi connectivity index (χ2v) is 9.09. The molecule has 0 aliphatic carbocycles. The van der Waals surface area contributed by atoms with E-state index >= 15 is 0 Å². The van der Waals surface area contributed by atoms with Gasteiger partial charge in [-0.2, -0.15) is 8.42 Å². The van der Waals surface area contributed by atoms with Gasteiger partial charge >= 0.3 is 0 Å². The van der Waals surface area contributed by atoms with Crippen LogP contribution in [-0.4, -0.2) is 69.9 Å². The lowest BCUT2D eigenvalue weighted by Gasteiger charge is -2.29. The molecule has 2 aromatic rings. The predicted molar refractivity (Wildman–Crippen MR) is 116 cm³/mol. The number of rotatable bonds is 6. The normalized spacial score (nSPS) is 19.0. The summed E-state index contributed by atoms with van der Waals surface area (Å²) in [5.74, 6) is 1.75. The number of hydrogen-bond acceptors (Lipinski definition) is 6. The summed E-state index contributed by atoms with van der Waals surface area (Å²) in [7, 11) is -0.380. The third kappa shape index (κ3) is 4.23. The van der Waals surface area contributed by atoms with Crippen molar-refractivity contribution in [1.82, 2.24) is 9.80 Å². The Kier molecular flexibility index (Phi) is 5.86. The molecule has 164 valence electrons. The number of likely N-dealkylation sites (N-methyl/N-ethyl adjacent to an activating group) is 1. The highest BCUT2D eigenvalue weighted by Gasteiger charge is 2.39. The Balaban J connectivity index is 1.41. The first-order valence-corrected chi connectivity index (χ1v) is 11.6. The van der Waals surface area contributed by atoms with Crippen molar-refractivity contribution in [3.63, 3.8) is 0 Å². The standard InChI is InChI=1S/C22H25N3O5S/c1-24(14-15-30-17-11-9-16(29-2)10-12-17)22(26)19-7-5-13-25(19)21-18-6-3-4-8-20(18)31(27,28)23-21/h3-4,6,8-12,19H,5,7,13-15H2,1-2H3/t19-/m0/s1. The van der Waals surface area contributed by atoms with E-state index < -0.39 is 16.1 Å². The molecule has 31 heavy (non-hydrogen) atoms. The molecule has 4 rings (SSSR count). The quantitative estimate of drug-likeness (QED) is 0.680. The van der Waals surface area contributed by atoms with Gasteiger partial charge in [0.2, 0.25) is 5.91 Å². The molecule has 0 N–H and O–H groups in total. The van der Waals surface area contributed by atoms with E-state index in [-0.39, 0.29) is 10.8 Å². The van der Waals surface area contributed by atoms with Crippen molar-refractivity contribution >= 4 is 21.8 Å². The van der Waals surface area contributed by atoms with Gasteiger partial charge in [0.1, 0.15) is 29.0 Å². The maximum absolute atomic E-state index is 13.1. The van der Waals surface area contributed by atoms with Crippen LogP contribution in [0.1, 0.15) is 18.4 Å². The molecule has 0 spiro atoms. The molecule has 1 saturated heterocycles. The average molecular weight is 444 g/mol. The fraction of sp³-hybridized carbons (Fsp3) is 0.364. The zero-order chi connectivity index (χ0) is 22.0. The van der Waals surface area contributed by atoms with E-state index in [1.807, 2.05) is 29.2 Å². The van der Waals surface area contributed by atoms with Gasteiger partial charge in [-0.15, -0.1) is 4.40 Å². The minimum absolute atomic E-state index is 0.0692. The number of amidine groups is 1. The molecule has 8 nitrogen and oxygen atoms in total. The Morgan fingerprint density at radius 2 is 1.87 bits per heavy atom. The third-order valence-electron chi connectivity index (χ3n) is 5.55. The zero-order valence-corrected chi connectivity index (χ0v) is 18.3. The number of carbonyl (C=O) groups is 1. The van der Waals surface area contributed by atoms with Crippen molar-refractivity contribution in [2.45, 2.75) is 23.8 Å². The highest BCUT2D eigenvalue weighted by atomic mass is 32.2. The Bertz CT molecular complexity index is 1100. The molecular formula is C22H25N3O5S. The smallest absolute Gasteiger partial charge is 0.285 e. The Hall–Kier alpha value is -3.07. The summed E-state index contributed by atoms with van der Waals surface area (Å²) < 4.78 is 39.7. The van der Waals surface area contributed by atoms with Crippen molar-refractivity contribution in [2.24, 2.45) is 4.40 Å². The minimum atomic E-state index is -3.72. The molecule has 0 radical (unpaired) electrons. The van der Waals surface area contributed by atoms with Crippen LogP contribution in [0.2, 0.25) is 0 Å². The van der Waals surface area contributed by atoms with E-state index in [2.05, 4.69) is 4.40 Å². The highest BCUT2D eigenvalue weighted by Crippen LogP contribution is 2.31. The van der Waals surface area contributed by atoms with Crippen molar-refractivity contribution in [3.8, 4) is 11.5 Å². The largest absolute Gasteiger partial charge is 0.497 e. The van der Waals surface area contributed by atoms with Crippen LogP contribution in [0.25, 0.3) is 0 Å². The van der Waals surface area contributed by atoms with Crippen LogP contribution in [-0.2, 0) is 14.8 Å². The summed E-state index contributed by atoms with van der Waals surface area (Å²) in [6, 6.07) is 13.6. The summed E-state index contributed by atoms with van der Waals surface area (Å²) in [6.45, 7) is 1.35. The summed E-state index contributed by atoms with van der Waals surface area (Å²) in [6.07, 6.45) is 1.46. The molecule has 2 aliphatic rings. The van der Waals surface area contributed by atoms with Crippen molar-refractivity contribution in [1.29, 1.82) is 0 Å². The van der Waals surface area contributed by atoms with Crippen molar-refractivity contribution in [3.05, 3.63) is 54.1 Å².